The molecule has 0 aromatic heterocycles. The molecule has 0 radical (unpaired) electrons. The Bertz CT molecular complexity index is 419. The topological polar surface area (TPSA) is 23.5 Å². The first-order valence-corrected chi connectivity index (χ1v) is 7.72. The van der Waals surface area contributed by atoms with Gasteiger partial charge in [-0.3, -0.25) is 0 Å². The molecule has 106 valence electrons. The molecule has 1 heterocycles. The number of hydrogen-bond donors (Lipinski definition) is 1. The van der Waals surface area contributed by atoms with Gasteiger partial charge < -0.3 is 10.0 Å². The molecule has 1 aromatic carbocycles. The summed E-state index contributed by atoms with van der Waals surface area (Å²) in [4.78, 5) is 2.39. The van der Waals surface area contributed by atoms with Crippen molar-refractivity contribution in [2.24, 2.45) is 5.92 Å². The zero-order chi connectivity index (χ0) is 13.8. The lowest BCUT2D eigenvalue weighted by Gasteiger charge is -2.24. The SMILES string of the molecule is CCC1CCCN(c2ccc([C@@H](C)O)cc2Cl)CC1. The Kier molecular flexibility index (Phi) is 5.12. The zero-order valence-electron chi connectivity index (χ0n) is 11.9. The van der Waals surface area contributed by atoms with E-state index >= 15 is 0 Å². The van der Waals surface area contributed by atoms with Gasteiger partial charge in [0, 0.05) is 13.1 Å². The molecule has 1 aliphatic rings. The van der Waals surface area contributed by atoms with Crippen molar-refractivity contribution in [3.63, 3.8) is 0 Å². The van der Waals surface area contributed by atoms with Gasteiger partial charge in [-0.2, -0.15) is 0 Å². The summed E-state index contributed by atoms with van der Waals surface area (Å²) in [7, 11) is 0. The molecule has 0 amide bonds. The minimum Gasteiger partial charge on any atom is -0.389 e. The molecule has 1 saturated heterocycles. The van der Waals surface area contributed by atoms with Crippen LogP contribution in [0, 0.1) is 5.92 Å². The van der Waals surface area contributed by atoms with Crippen molar-refractivity contribution in [2.75, 3.05) is 18.0 Å². The summed E-state index contributed by atoms with van der Waals surface area (Å²) in [5.74, 6) is 0.862. The maximum atomic E-state index is 9.59. The fourth-order valence-corrected chi connectivity index (χ4v) is 3.16. The molecule has 19 heavy (non-hydrogen) atoms. The van der Waals surface area contributed by atoms with E-state index in [1.165, 1.54) is 25.7 Å². The van der Waals surface area contributed by atoms with Gasteiger partial charge in [0.2, 0.25) is 0 Å². The molecular formula is C16H24ClNO. The van der Waals surface area contributed by atoms with Crippen LogP contribution in [0.15, 0.2) is 18.2 Å². The quantitative estimate of drug-likeness (QED) is 0.887. The van der Waals surface area contributed by atoms with E-state index in [1.54, 1.807) is 6.92 Å². The first-order valence-electron chi connectivity index (χ1n) is 7.34. The second kappa shape index (κ2) is 6.62. The summed E-state index contributed by atoms with van der Waals surface area (Å²) < 4.78 is 0. The summed E-state index contributed by atoms with van der Waals surface area (Å²) in [5.41, 5.74) is 2.00. The minimum absolute atomic E-state index is 0.458. The number of benzene rings is 1. The van der Waals surface area contributed by atoms with E-state index in [0.717, 1.165) is 35.3 Å². The Labute approximate surface area is 121 Å². The molecule has 0 aliphatic carbocycles. The average molecular weight is 282 g/mol. The maximum absolute atomic E-state index is 9.59. The van der Waals surface area contributed by atoms with Crippen molar-refractivity contribution in [3.05, 3.63) is 28.8 Å². The number of rotatable bonds is 3. The van der Waals surface area contributed by atoms with Gasteiger partial charge in [-0.1, -0.05) is 31.0 Å². The number of hydrogen-bond acceptors (Lipinski definition) is 2. The third-order valence-electron chi connectivity index (χ3n) is 4.22. The predicted octanol–water partition coefficient (Wildman–Crippen LogP) is 4.41. The molecule has 1 unspecified atom stereocenters. The Morgan fingerprint density at radius 3 is 2.79 bits per heavy atom. The summed E-state index contributed by atoms with van der Waals surface area (Å²) in [6, 6.07) is 5.93. The van der Waals surface area contributed by atoms with Gasteiger partial charge in [-0.15, -0.1) is 0 Å². The molecule has 1 aliphatic heterocycles. The molecule has 1 fully saturated rings. The van der Waals surface area contributed by atoms with Crippen LogP contribution in [0.4, 0.5) is 5.69 Å². The number of aliphatic hydroxyl groups excluding tert-OH is 1. The minimum atomic E-state index is -0.458. The van der Waals surface area contributed by atoms with Gasteiger partial charge in [0.25, 0.3) is 0 Å². The summed E-state index contributed by atoms with van der Waals surface area (Å²) in [5, 5.41) is 10.3. The molecule has 2 atom stereocenters. The van der Waals surface area contributed by atoms with Crippen molar-refractivity contribution < 1.29 is 5.11 Å². The first-order chi connectivity index (χ1) is 9.11. The third-order valence-corrected chi connectivity index (χ3v) is 4.52. The van der Waals surface area contributed by atoms with Crippen molar-refractivity contribution in [2.45, 2.75) is 45.6 Å². The summed E-state index contributed by atoms with van der Waals surface area (Å²) in [6.45, 7) is 6.23. The normalized spacial score (nSPS) is 22.1. The van der Waals surface area contributed by atoms with Crippen LogP contribution in [-0.4, -0.2) is 18.2 Å². The Morgan fingerprint density at radius 1 is 1.37 bits per heavy atom. The van der Waals surface area contributed by atoms with Gasteiger partial charge in [0.15, 0.2) is 0 Å². The Hall–Kier alpha value is -0.730. The molecular weight excluding hydrogens is 258 g/mol. The van der Waals surface area contributed by atoms with Gasteiger partial charge >= 0.3 is 0 Å². The van der Waals surface area contributed by atoms with E-state index < -0.39 is 6.10 Å². The Balaban J connectivity index is 2.13. The van der Waals surface area contributed by atoms with Crippen molar-refractivity contribution in [1.29, 1.82) is 0 Å². The first kappa shape index (κ1) is 14.7. The highest BCUT2D eigenvalue weighted by Crippen LogP contribution is 2.31. The van der Waals surface area contributed by atoms with Crippen LogP contribution in [0.5, 0.6) is 0 Å². The Morgan fingerprint density at radius 2 is 2.16 bits per heavy atom. The van der Waals surface area contributed by atoms with Gasteiger partial charge in [-0.05, 0) is 49.8 Å². The van der Waals surface area contributed by atoms with E-state index in [2.05, 4.69) is 17.9 Å². The lowest BCUT2D eigenvalue weighted by molar-refractivity contribution is 0.199. The third kappa shape index (κ3) is 3.64. The predicted molar refractivity (Wildman–Crippen MR) is 81.9 cm³/mol. The number of aliphatic hydroxyl groups is 1. The largest absolute Gasteiger partial charge is 0.389 e. The van der Waals surface area contributed by atoms with E-state index in [9.17, 15) is 5.11 Å². The average Bonchev–Trinajstić information content (AvgIpc) is 2.63. The van der Waals surface area contributed by atoms with E-state index in [1.807, 2.05) is 12.1 Å². The molecule has 0 saturated carbocycles. The highest BCUT2D eigenvalue weighted by molar-refractivity contribution is 6.33. The van der Waals surface area contributed by atoms with E-state index in [-0.39, 0.29) is 0 Å². The molecule has 1 aromatic rings. The lowest BCUT2D eigenvalue weighted by atomic mass is 9.98. The second-order valence-electron chi connectivity index (χ2n) is 5.58. The standard InChI is InChI=1S/C16H24ClNO/c1-3-13-5-4-9-18(10-8-13)16-7-6-14(12(2)19)11-15(16)17/h6-7,11-13,19H,3-5,8-10H2,1-2H3/t12-,13?/m1/s1. The summed E-state index contributed by atoms with van der Waals surface area (Å²) in [6.07, 6.45) is 4.65. The lowest BCUT2D eigenvalue weighted by Crippen LogP contribution is -2.24. The van der Waals surface area contributed by atoms with Crippen molar-refractivity contribution in [1.82, 2.24) is 0 Å². The molecule has 2 nitrogen and oxygen atoms in total. The van der Waals surface area contributed by atoms with E-state index in [0.29, 0.717) is 0 Å². The van der Waals surface area contributed by atoms with Crippen LogP contribution < -0.4 is 4.90 Å². The van der Waals surface area contributed by atoms with Gasteiger partial charge in [0.05, 0.1) is 16.8 Å². The molecule has 3 heteroatoms. The number of halogens is 1. The van der Waals surface area contributed by atoms with Crippen LogP contribution in [0.25, 0.3) is 0 Å². The summed E-state index contributed by atoms with van der Waals surface area (Å²) >= 11 is 6.38. The molecule has 0 bridgehead atoms. The fourth-order valence-electron chi connectivity index (χ4n) is 2.85. The number of nitrogens with zero attached hydrogens (tertiary/aromatic N) is 1. The monoisotopic (exact) mass is 281 g/mol. The maximum Gasteiger partial charge on any atom is 0.0762 e. The second-order valence-corrected chi connectivity index (χ2v) is 5.99. The zero-order valence-corrected chi connectivity index (χ0v) is 12.7. The molecule has 0 spiro atoms. The van der Waals surface area contributed by atoms with Gasteiger partial charge in [0.1, 0.15) is 0 Å². The van der Waals surface area contributed by atoms with Crippen LogP contribution >= 0.6 is 11.6 Å². The van der Waals surface area contributed by atoms with Crippen LogP contribution in [0.1, 0.15) is 51.2 Å². The number of anilines is 1. The smallest absolute Gasteiger partial charge is 0.0762 e. The van der Waals surface area contributed by atoms with Crippen LogP contribution in [0.2, 0.25) is 5.02 Å². The van der Waals surface area contributed by atoms with E-state index in [4.69, 9.17) is 11.6 Å². The van der Waals surface area contributed by atoms with Gasteiger partial charge in [-0.25, -0.2) is 0 Å². The van der Waals surface area contributed by atoms with Crippen LogP contribution in [0.3, 0.4) is 0 Å². The van der Waals surface area contributed by atoms with Crippen molar-refractivity contribution >= 4 is 17.3 Å². The van der Waals surface area contributed by atoms with Crippen LogP contribution in [-0.2, 0) is 0 Å². The van der Waals surface area contributed by atoms with Crippen molar-refractivity contribution in [3.8, 4) is 0 Å². The highest BCUT2D eigenvalue weighted by Gasteiger charge is 2.18. The molecule has 1 N–H and O–H groups in total. The fraction of sp³-hybridized carbons (Fsp3) is 0.625. The highest BCUT2D eigenvalue weighted by atomic mass is 35.5. The molecule has 2 rings (SSSR count).